The van der Waals surface area contributed by atoms with Gasteiger partial charge in [0.15, 0.2) is 16.8 Å². The lowest BCUT2D eigenvalue weighted by atomic mass is 9.88. The van der Waals surface area contributed by atoms with Crippen molar-refractivity contribution in [1.82, 2.24) is 0 Å². The van der Waals surface area contributed by atoms with Gasteiger partial charge in [0, 0.05) is 6.61 Å². The Kier molecular flexibility index (Phi) is 2.99. The van der Waals surface area contributed by atoms with Crippen LogP contribution in [-0.4, -0.2) is 55.1 Å². The third-order valence-electron chi connectivity index (χ3n) is 3.57. The van der Waals surface area contributed by atoms with Crippen molar-refractivity contribution in [2.45, 2.75) is 29.8 Å². The molecule has 100 valence electrons. The van der Waals surface area contributed by atoms with Crippen molar-refractivity contribution in [3.05, 3.63) is 12.2 Å². The van der Waals surface area contributed by atoms with Crippen molar-refractivity contribution in [1.29, 1.82) is 0 Å². The maximum atomic E-state index is 12.1. The Balaban J connectivity index is 2.00. The maximum absolute atomic E-state index is 12.1. The Morgan fingerprint density at radius 3 is 2.89 bits per heavy atom. The lowest BCUT2D eigenvalue weighted by Gasteiger charge is -2.47. The highest BCUT2D eigenvalue weighted by Gasteiger charge is 2.69. The lowest BCUT2D eigenvalue weighted by molar-refractivity contribution is -0.290. The first-order valence-electron chi connectivity index (χ1n) is 6.06. The standard InChI is InChI=1S/C12H15ClO5/c1-2-15-7-11-4-3-8(18-11)9(14)10(13)12(11)16-5-6-17-12/h3-4,8,10H,2,5-7H2,1H3/t8-,10?,11-/m0/s1. The summed E-state index contributed by atoms with van der Waals surface area (Å²) >= 11 is 6.25. The molecule has 3 aliphatic rings. The second kappa shape index (κ2) is 4.28. The van der Waals surface area contributed by atoms with Gasteiger partial charge in [0.1, 0.15) is 6.10 Å². The van der Waals surface area contributed by atoms with Crippen LogP contribution >= 0.6 is 11.6 Å². The fourth-order valence-corrected chi connectivity index (χ4v) is 3.14. The van der Waals surface area contributed by atoms with Crippen LogP contribution in [0.2, 0.25) is 0 Å². The molecule has 5 nitrogen and oxygen atoms in total. The van der Waals surface area contributed by atoms with E-state index in [-0.39, 0.29) is 12.4 Å². The van der Waals surface area contributed by atoms with E-state index in [1.807, 2.05) is 6.92 Å². The number of carbonyl (C=O) groups is 1. The second-order valence-corrected chi connectivity index (χ2v) is 4.99. The zero-order valence-electron chi connectivity index (χ0n) is 10.1. The number of Topliss-reactive ketones (excluding diaryl/α,β-unsaturated/α-hetero) is 1. The molecule has 0 radical (unpaired) electrons. The number of carbonyl (C=O) groups excluding carboxylic acids is 1. The summed E-state index contributed by atoms with van der Waals surface area (Å²) in [6.45, 7) is 3.48. The van der Waals surface area contributed by atoms with Crippen LogP contribution in [0.4, 0.5) is 0 Å². The summed E-state index contributed by atoms with van der Waals surface area (Å²) in [6, 6.07) is 0. The SMILES string of the molecule is CCOC[C@]12C=C[C@H](O1)C(=O)C(Cl)C21OCCO1. The minimum Gasteiger partial charge on any atom is -0.378 e. The third kappa shape index (κ3) is 1.45. The first-order chi connectivity index (χ1) is 8.65. The Hall–Kier alpha value is -0.460. The summed E-state index contributed by atoms with van der Waals surface area (Å²) in [7, 11) is 0. The first kappa shape index (κ1) is 12.6. The molecule has 0 N–H and O–H groups in total. The van der Waals surface area contributed by atoms with E-state index in [1.54, 1.807) is 12.2 Å². The topological polar surface area (TPSA) is 54.0 Å². The molecule has 6 heteroatoms. The van der Waals surface area contributed by atoms with E-state index in [1.165, 1.54) is 0 Å². The smallest absolute Gasteiger partial charge is 0.228 e. The molecule has 3 rings (SSSR count). The Morgan fingerprint density at radius 2 is 2.22 bits per heavy atom. The molecule has 2 saturated heterocycles. The monoisotopic (exact) mass is 274 g/mol. The number of ketones is 1. The highest BCUT2D eigenvalue weighted by atomic mass is 35.5. The van der Waals surface area contributed by atoms with E-state index in [0.29, 0.717) is 19.8 Å². The number of ether oxygens (including phenoxy) is 4. The quantitative estimate of drug-likeness (QED) is 0.559. The molecule has 2 bridgehead atoms. The van der Waals surface area contributed by atoms with E-state index >= 15 is 0 Å². The fourth-order valence-electron chi connectivity index (χ4n) is 2.70. The lowest BCUT2D eigenvalue weighted by Crippen LogP contribution is -2.68. The molecule has 2 fully saturated rings. The van der Waals surface area contributed by atoms with Gasteiger partial charge >= 0.3 is 0 Å². The van der Waals surface area contributed by atoms with Crippen LogP contribution in [0.5, 0.6) is 0 Å². The Bertz CT molecular complexity index is 390. The van der Waals surface area contributed by atoms with Gasteiger partial charge in [-0.3, -0.25) is 4.79 Å². The minimum atomic E-state index is -1.26. The summed E-state index contributed by atoms with van der Waals surface area (Å²) in [5.41, 5.74) is -0.926. The number of halogens is 1. The largest absolute Gasteiger partial charge is 0.378 e. The van der Waals surface area contributed by atoms with Gasteiger partial charge in [-0.25, -0.2) is 0 Å². The third-order valence-corrected chi connectivity index (χ3v) is 4.07. The van der Waals surface area contributed by atoms with E-state index in [9.17, 15) is 4.79 Å². The van der Waals surface area contributed by atoms with Crippen LogP contribution in [0.25, 0.3) is 0 Å². The summed E-state index contributed by atoms with van der Waals surface area (Å²) in [5.74, 6) is -1.48. The van der Waals surface area contributed by atoms with E-state index < -0.39 is 22.9 Å². The highest BCUT2D eigenvalue weighted by molar-refractivity contribution is 6.33. The number of alkyl halides is 1. The molecule has 0 amide bonds. The van der Waals surface area contributed by atoms with Crippen molar-refractivity contribution in [3.63, 3.8) is 0 Å². The number of fused-ring (bicyclic) bond motifs is 3. The van der Waals surface area contributed by atoms with Gasteiger partial charge in [-0.15, -0.1) is 11.6 Å². The minimum absolute atomic E-state index is 0.223. The second-order valence-electron chi connectivity index (χ2n) is 4.55. The van der Waals surface area contributed by atoms with Crippen molar-refractivity contribution in [2.24, 2.45) is 0 Å². The van der Waals surface area contributed by atoms with Crippen LogP contribution in [0.3, 0.4) is 0 Å². The predicted octanol–water partition coefficient (Wildman–Crippen LogP) is 0.650. The van der Waals surface area contributed by atoms with Crippen LogP contribution in [0.15, 0.2) is 12.2 Å². The van der Waals surface area contributed by atoms with Crippen LogP contribution in [0.1, 0.15) is 6.92 Å². The van der Waals surface area contributed by atoms with Gasteiger partial charge in [0.2, 0.25) is 5.79 Å². The molecular formula is C12H15ClO5. The number of hydrogen-bond acceptors (Lipinski definition) is 5. The zero-order chi connectivity index (χ0) is 12.8. The van der Waals surface area contributed by atoms with E-state index in [2.05, 4.69) is 0 Å². The molecule has 3 aliphatic heterocycles. The predicted molar refractivity (Wildman–Crippen MR) is 62.5 cm³/mol. The molecule has 0 aromatic carbocycles. The normalized spacial score (nSPS) is 40.9. The van der Waals surface area contributed by atoms with Gasteiger partial charge in [-0.05, 0) is 19.1 Å². The first-order valence-corrected chi connectivity index (χ1v) is 6.49. The van der Waals surface area contributed by atoms with Crippen LogP contribution in [-0.2, 0) is 23.7 Å². The van der Waals surface area contributed by atoms with Crippen molar-refractivity contribution < 1.29 is 23.7 Å². The summed E-state index contributed by atoms with van der Waals surface area (Å²) in [4.78, 5) is 12.1. The summed E-state index contributed by atoms with van der Waals surface area (Å²) < 4.78 is 22.6. The molecule has 1 spiro atoms. The van der Waals surface area contributed by atoms with Crippen LogP contribution < -0.4 is 0 Å². The fraction of sp³-hybridized carbons (Fsp3) is 0.750. The highest BCUT2D eigenvalue weighted by Crippen LogP contribution is 2.49. The van der Waals surface area contributed by atoms with Gasteiger partial charge in [-0.2, -0.15) is 0 Å². The van der Waals surface area contributed by atoms with Gasteiger partial charge in [0.05, 0.1) is 19.8 Å². The van der Waals surface area contributed by atoms with E-state index in [0.717, 1.165) is 0 Å². The van der Waals surface area contributed by atoms with Crippen molar-refractivity contribution in [2.75, 3.05) is 26.4 Å². The van der Waals surface area contributed by atoms with Gasteiger partial charge in [-0.1, -0.05) is 0 Å². The van der Waals surface area contributed by atoms with Crippen molar-refractivity contribution >= 4 is 17.4 Å². The Morgan fingerprint density at radius 1 is 1.50 bits per heavy atom. The molecule has 0 aromatic rings. The molecule has 18 heavy (non-hydrogen) atoms. The molecular weight excluding hydrogens is 260 g/mol. The zero-order valence-corrected chi connectivity index (χ0v) is 10.8. The van der Waals surface area contributed by atoms with E-state index in [4.69, 9.17) is 30.5 Å². The number of hydrogen-bond donors (Lipinski definition) is 0. The average Bonchev–Trinajstić information content (AvgIpc) is 3.00. The van der Waals surface area contributed by atoms with Crippen molar-refractivity contribution in [3.8, 4) is 0 Å². The number of rotatable bonds is 3. The summed E-state index contributed by atoms with van der Waals surface area (Å²) in [6.07, 6.45) is 2.88. The molecule has 1 unspecified atom stereocenters. The van der Waals surface area contributed by atoms with Crippen LogP contribution in [0, 0.1) is 0 Å². The molecule has 3 heterocycles. The molecule has 0 saturated carbocycles. The molecule has 0 aromatic heterocycles. The summed E-state index contributed by atoms with van der Waals surface area (Å²) in [5, 5.41) is -0.880. The van der Waals surface area contributed by atoms with Gasteiger partial charge < -0.3 is 18.9 Å². The Labute approximate surface area is 110 Å². The molecule has 0 aliphatic carbocycles. The maximum Gasteiger partial charge on any atom is 0.228 e. The molecule has 3 atom stereocenters. The average molecular weight is 275 g/mol. The van der Waals surface area contributed by atoms with Gasteiger partial charge in [0.25, 0.3) is 0 Å².